The summed E-state index contributed by atoms with van der Waals surface area (Å²) in [4.78, 5) is 4.01. The zero-order chi connectivity index (χ0) is 16.9. The van der Waals surface area contributed by atoms with Crippen LogP contribution in [-0.4, -0.2) is 36.6 Å². The highest BCUT2D eigenvalue weighted by Gasteiger charge is 2.25. The number of ether oxygens (including phenoxy) is 2. The van der Waals surface area contributed by atoms with Crippen LogP contribution >= 0.6 is 0 Å². The van der Waals surface area contributed by atoms with Crippen molar-refractivity contribution in [3.8, 4) is 11.5 Å². The van der Waals surface area contributed by atoms with E-state index in [1.54, 1.807) is 13.0 Å². The van der Waals surface area contributed by atoms with E-state index >= 15 is 0 Å². The summed E-state index contributed by atoms with van der Waals surface area (Å²) >= 11 is 0. The second-order valence-electron chi connectivity index (χ2n) is 4.07. The summed E-state index contributed by atoms with van der Waals surface area (Å²) in [7, 11) is -4.67. The monoisotopic (exact) mass is 336 g/mol. The second kappa shape index (κ2) is 7.38. The zero-order valence-electron chi connectivity index (χ0n) is 12.0. The van der Waals surface area contributed by atoms with Gasteiger partial charge in [0.15, 0.2) is 17.3 Å². The van der Waals surface area contributed by atoms with Crippen molar-refractivity contribution in [1.29, 1.82) is 0 Å². The highest BCUT2D eigenvalue weighted by atomic mass is 32.3. The first kappa shape index (κ1) is 18.1. The molecule has 0 saturated heterocycles. The molecule has 0 saturated carbocycles. The van der Waals surface area contributed by atoms with Crippen molar-refractivity contribution in [2.24, 2.45) is 10.7 Å². The van der Waals surface area contributed by atoms with Gasteiger partial charge >= 0.3 is 10.4 Å². The summed E-state index contributed by atoms with van der Waals surface area (Å²) in [5.74, 6) is 0.275. The first-order valence-electron chi connectivity index (χ1n) is 6.30. The molecule has 1 aliphatic rings. The number of amidine groups is 1. The molecule has 0 radical (unpaired) electrons. The van der Waals surface area contributed by atoms with Gasteiger partial charge in [-0.1, -0.05) is 0 Å². The van der Waals surface area contributed by atoms with E-state index < -0.39 is 16.2 Å². The minimum Gasteiger partial charge on any atom is -0.490 e. The van der Waals surface area contributed by atoms with Crippen molar-refractivity contribution >= 4 is 16.2 Å². The molecule has 1 aromatic carbocycles. The number of nitrogens with zero attached hydrogens (tertiary/aromatic N) is 1. The maximum Gasteiger partial charge on any atom is 0.394 e. The number of nitrogens with two attached hydrogens (primary N) is 1. The molecule has 0 amide bonds. The van der Waals surface area contributed by atoms with E-state index in [4.69, 9.17) is 32.7 Å². The van der Waals surface area contributed by atoms with E-state index in [1.807, 2.05) is 6.92 Å². The zero-order valence-corrected chi connectivity index (χ0v) is 12.9. The fourth-order valence-electron chi connectivity index (χ4n) is 1.85. The van der Waals surface area contributed by atoms with Crippen molar-refractivity contribution in [1.82, 2.24) is 0 Å². The fraction of sp³-hybridized carbons (Fsp3) is 0.417. The molecule has 0 unspecified atom stereocenters. The predicted octanol–water partition coefficient (Wildman–Crippen LogP) is 1.19. The van der Waals surface area contributed by atoms with Crippen LogP contribution in [0.25, 0.3) is 0 Å². The van der Waals surface area contributed by atoms with Gasteiger partial charge in [0.25, 0.3) is 0 Å². The second-order valence-corrected chi connectivity index (χ2v) is 4.96. The first-order chi connectivity index (χ1) is 10.2. The molecule has 1 aliphatic heterocycles. The Morgan fingerprint density at radius 1 is 1.32 bits per heavy atom. The van der Waals surface area contributed by atoms with Gasteiger partial charge in [0.05, 0.1) is 25.3 Å². The van der Waals surface area contributed by atoms with Gasteiger partial charge < -0.3 is 15.2 Å². The molecular weight excluding hydrogens is 319 g/mol. The van der Waals surface area contributed by atoms with Crippen molar-refractivity contribution in [2.45, 2.75) is 20.4 Å². The molecule has 2 rings (SSSR count). The number of hydrogen-bond donors (Lipinski definition) is 3. The molecule has 124 valence electrons. The Morgan fingerprint density at radius 3 is 2.36 bits per heavy atom. The van der Waals surface area contributed by atoms with Gasteiger partial charge in [0.1, 0.15) is 5.84 Å². The highest BCUT2D eigenvalue weighted by Crippen LogP contribution is 2.37. The summed E-state index contributed by atoms with van der Waals surface area (Å²) in [5.41, 5.74) is 6.74. The number of halogens is 1. The Morgan fingerprint density at radius 2 is 1.86 bits per heavy atom. The number of hydrogen-bond acceptors (Lipinski definition) is 6. The van der Waals surface area contributed by atoms with E-state index in [1.165, 1.54) is 0 Å². The maximum absolute atomic E-state index is 14.2. The van der Waals surface area contributed by atoms with Crippen LogP contribution in [0.3, 0.4) is 0 Å². The highest BCUT2D eigenvalue weighted by molar-refractivity contribution is 7.79. The van der Waals surface area contributed by atoms with Crippen LogP contribution in [0.5, 0.6) is 11.5 Å². The Kier molecular flexibility index (Phi) is 6.09. The standard InChI is InChI=1S/C12H15FN2O2.H2O4S/c1-3-16-8-5-7-6-15-12(14)9(7)10(13)11(8)17-4-2;1-5(2,3)4/h5H,3-4,6H2,1-2H3,(H2,14,15);(H2,1,2,3,4). The average molecular weight is 336 g/mol. The van der Waals surface area contributed by atoms with E-state index in [0.29, 0.717) is 31.1 Å². The van der Waals surface area contributed by atoms with Gasteiger partial charge in [0.2, 0.25) is 0 Å². The Balaban J connectivity index is 0.000000422. The number of aliphatic imine (C=N–C) groups is 1. The van der Waals surface area contributed by atoms with Gasteiger partial charge in [-0.2, -0.15) is 8.42 Å². The van der Waals surface area contributed by atoms with Crippen LogP contribution in [0.15, 0.2) is 11.1 Å². The van der Waals surface area contributed by atoms with Gasteiger partial charge in [-0.05, 0) is 25.5 Å². The molecule has 1 aromatic rings. The summed E-state index contributed by atoms with van der Waals surface area (Å²) in [6.45, 7) is 4.84. The van der Waals surface area contributed by atoms with Crippen LogP contribution in [0.4, 0.5) is 4.39 Å². The van der Waals surface area contributed by atoms with Crippen LogP contribution in [-0.2, 0) is 16.9 Å². The molecule has 8 nitrogen and oxygen atoms in total. The van der Waals surface area contributed by atoms with Crippen molar-refractivity contribution in [3.63, 3.8) is 0 Å². The summed E-state index contributed by atoms with van der Waals surface area (Å²) < 4.78 is 56.5. The quantitative estimate of drug-likeness (QED) is 0.704. The van der Waals surface area contributed by atoms with Gasteiger partial charge in [0, 0.05) is 0 Å². The summed E-state index contributed by atoms with van der Waals surface area (Å²) in [6.07, 6.45) is 0. The van der Waals surface area contributed by atoms with Crippen LogP contribution in [0, 0.1) is 5.82 Å². The third kappa shape index (κ3) is 4.83. The number of fused-ring (bicyclic) bond motifs is 1. The molecule has 0 bridgehead atoms. The van der Waals surface area contributed by atoms with Crippen LogP contribution in [0.2, 0.25) is 0 Å². The predicted molar refractivity (Wildman–Crippen MR) is 77.3 cm³/mol. The first-order valence-corrected chi connectivity index (χ1v) is 7.69. The number of rotatable bonds is 4. The third-order valence-electron chi connectivity index (χ3n) is 2.53. The molecular formula is C12H17FN2O6S. The van der Waals surface area contributed by atoms with Crippen molar-refractivity contribution < 1.29 is 31.4 Å². The van der Waals surface area contributed by atoms with Crippen LogP contribution < -0.4 is 15.2 Å². The fourth-order valence-corrected chi connectivity index (χ4v) is 1.85. The minimum absolute atomic E-state index is 0.119. The molecule has 1 heterocycles. The molecule has 10 heteroatoms. The van der Waals surface area contributed by atoms with Crippen LogP contribution in [0.1, 0.15) is 25.0 Å². The minimum atomic E-state index is -4.67. The normalized spacial score (nSPS) is 12.9. The van der Waals surface area contributed by atoms with Crippen molar-refractivity contribution in [2.75, 3.05) is 13.2 Å². The molecule has 0 spiro atoms. The van der Waals surface area contributed by atoms with Gasteiger partial charge in [-0.3, -0.25) is 14.1 Å². The summed E-state index contributed by atoms with van der Waals surface area (Å²) in [5, 5.41) is 0. The number of benzene rings is 1. The lowest BCUT2D eigenvalue weighted by Crippen LogP contribution is -2.14. The van der Waals surface area contributed by atoms with Crippen molar-refractivity contribution in [3.05, 3.63) is 23.0 Å². The average Bonchev–Trinajstić information content (AvgIpc) is 2.74. The lowest BCUT2D eigenvalue weighted by atomic mass is 10.1. The molecule has 4 N–H and O–H groups in total. The molecule has 0 atom stereocenters. The molecule has 22 heavy (non-hydrogen) atoms. The lowest BCUT2D eigenvalue weighted by molar-refractivity contribution is 0.275. The topological polar surface area (TPSA) is 131 Å². The SMILES string of the molecule is CCOc1cc2c(c(F)c1OCC)C(N)=NC2.O=S(=O)(O)O. The summed E-state index contributed by atoms with van der Waals surface area (Å²) in [6, 6.07) is 1.75. The van der Waals surface area contributed by atoms with Gasteiger partial charge in [-0.25, -0.2) is 4.39 Å². The third-order valence-corrected chi connectivity index (χ3v) is 2.53. The van der Waals surface area contributed by atoms with E-state index in [0.717, 1.165) is 5.56 Å². The molecule has 0 fully saturated rings. The Bertz CT molecular complexity index is 667. The Hall–Kier alpha value is -1.91. The van der Waals surface area contributed by atoms with E-state index in [2.05, 4.69) is 4.99 Å². The smallest absolute Gasteiger partial charge is 0.394 e. The maximum atomic E-state index is 14.2. The molecule has 0 aromatic heterocycles. The van der Waals surface area contributed by atoms with E-state index in [9.17, 15) is 4.39 Å². The van der Waals surface area contributed by atoms with Gasteiger partial charge in [-0.15, -0.1) is 0 Å². The Labute approximate surface area is 127 Å². The lowest BCUT2D eigenvalue weighted by Gasteiger charge is -2.14. The largest absolute Gasteiger partial charge is 0.490 e. The molecule has 0 aliphatic carbocycles. The van der Waals surface area contributed by atoms with E-state index in [-0.39, 0.29) is 11.6 Å².